The second kappa shape index (κ2) is 7.40. The van der Waals surface area contributed by atoms with Crippen molar-refractivity contribution >= 4 is 23.9 Å². The minimum absolute atomic E-state index is 0.0560. The van der Waals surface area contributed by atoms with E-state index in [-0.39, 0.29) is 31.3 Å². The van der Waals surface area contributed by atoms with Gasteiger partial charge in [-0.25, -0.2) is 4.79 Å². The summed E-state index contributed by atoms with van der Waals surface area (Å²) >= 11 is 0. The molecule has 2 N–H and O–H groups in total. The predicted molar refractivity (Wildman–Crippen MR) is 62.4 cm³/mol. The molecule has 0 saturated carbocycles. The van der Waals surface area contributed by atoms with Crippen LogP contribution in [-0.2, 0) is 19.1 Å². The number of nitrogens with zero attached hydrogens (tertiary/aromatic N) is 2. The number of Topliss-reactive ketones (excluding diaryl/α,β-unsaturated/α-hetero) is 1. The average Bonchev–Trinajstić information content (AvgIpc) is 2.88. The van der Waals surface area contributed by atoms with Crippen LogP contribution in [0.15, 0.2) is 0 Å². The van der Waals surface area contributed by atoms with Crippen molar-refractivity contribution in [2.45, 2.75) is 25.3 Å². The number of rotatable bonds is 7. The van der Waals surface area contributed by atoms with E-state index in [2.05, 4.69) is 10.1 Å². The van der Waals surface area contributed by atoms with E-state index in [1.165, 1.54) is 0 Å². The molecule has 1 aliphatic heterocycles. The zero-order valence-corrected chi connectivity index (χ0v) is 10.2. The highest BCUT2D eigenvalue weighted by atomic mass is 16.5. The minimum atomic E-state index is -1.21. The van der Waals surface area contributed by atoms with E-state index in [9.17, 15) is 14.4 Å². The standard InChI is InChI=1S/C11H15N3O5/c12-13-5-8(15)1-2-9(11(17)18)14-10(16)7-3-4-19-6-7/h5,7,9H,1-4,6H2,(H,14,16)(H,17,18)/t7-,9?/m1/s1. The molecule has 0 aromatic heterocycles. The van der Waals surface area contributed by atoms with Crippen LogP contribution < -0.4 is 5.32 Å². The van der Waals surface area contributed by atoms with E-state index in [1.807, 2.05) is 0 Å². The predicted octanol–water partition coefficient (Wildman–Crippen LogP) is -0.758. The van der Waals surface area contributed by atoms with Crippen molar-refractivity contribution in [3.63, 3.8) is 0 Å². The first kappa shape index (κ1) is 15.0. The molecule has 8 nitrogen and oxygen atoms in total. The molecule has 0 bridgehead atoms. The number of ketones is 1. The molecule has 19 heavy (non-hydrogen) atoms. The van der Waals surface area contributed by atoms with Crippen molar-refractivity contribution in [1.29, 1.82) is 0 Å². The second-order valence-electron chi connectivity index (χ2n) is 4.21. The maximum absolute atomic E-state index is 11.7. The van der Waals surface area contributed by atoms with E-state index in [1.54, 1.807) is 0 Å². The fourth-order valence-corrected chi connectivity index (χ4v) is 1.70. The number of nitrogens with one attached hydrogen (secondary N) is 1. The quantitative estimate of drug-likeness (QED) is 0.356. The number of amides is 1. The SMILES string of the molecule is [N-]=[N+]=CC(=O)CCC(NC(=O)[C@@H]1CCOC1)C(=O)O. The van der Waals surface area contributed by atoms with Gasteiger partial charge in [-0.05, 0) is 12.8 Å². The molecule has 0 aromatic rings. The topological polar surface area (TPSA) is 129 Å². The highest BCUT2D eigenvalue weighted by Gasteiger charge is 2.28. The van der Waals surface area contributed by atoms with Gasteiger partial charge in [0.15, 0.2) is 0 Å². The van der Waals surface area contributed by atoms with Crippen LogP contribution in [0.1, 0.15) is 19.3 Å². The maximum Gasteiger partial charge on any atom is 0.326 e. The van der Waals surface area contributed by atoms with Crippen LogP contribution in [0.25, 0.3) is 5.53 Å². The van der Waals surface area contributed by atoms with Gasteiger partial charge in [0.1, 0.15) is 6.04 Å². The number of carbonyl (C=O) groups is 3. The smallest absolute Gasteiger partial charge is 0.326 e. The Bertz CT molecular complexity index is 411. The van der Waals surface area contributed by atoms with Crippen molar-refractivity contribution < 1.29 is 29.0 Å². The van der Waals surface area contributed by atoms with Crippen LogP contribution in [0.4, 0.5) is 0 Å². The van der Waals surface area contributed by atoms with Gasteiger partial charge in [-0.15, -0.1) is 0 Å². The summed E-state index contributed by atoms with van der Waals surface area (Å²) in [6.07, 6.45) is 1.09. The first-order valence-electron chi connectivity index (χ1n) is 5.85. The molecule has 1 rings (SSSR count). The largest absolute Gasteiger partial charge is 0.480 e. The molecule has 1 aliphatic rings. The van der Waals surface area contributed by atoms with E-state index in [4.69, 9.17) is 15.4 Å². The minimum Gasteiger partial charge on any atom is -0.480 e. The maximum atomic E-state index is 11.7. The normalized spacial score (nSPS) is 19.3. The lowest BCUT2D eigenvalue weighted by Gasteiger charge is -2.15. The lowest BCUT2D eigenvalue weighted by molar-refractivity contribution is -0.142. The molecule has 1 heterocycles. The summed E-state index contributed by atoms with van der Waals surface area (Å²) in [5.41, 5.74) is 8.15. The summed E-state index contributed by atoms with van der Waals surface area (Å²) in [5.74, 6) is -2.43. The van der Waals surface area contributed by atoms with Gasteiger partial charge in [-0.2, -0.15) is 4.79 Å². The van der Waals surface area contributed by atoms with Crippen LogP contribution in [0, 0.1) is 5.92 Å². The lowest BCUT2D eigenvalue weighted by atomic mass is 10.1. The third kappa shape index (κ3) is 4.99. The molecule has 0 spiro atoms. The van der Waals surface area contributed by atoms with Crippen LogP contribution in [0.5, 0.6) is 0 Å². The Morgan fingerprint density at radius 2 is 2.26 bits per heavy atom. The second-order valence-corrected chi connectivity index (χ2v) is 4.21. The lowest BCUT2D eigenvalue weighted by Crippen LogP contribution is -2.44. The van der Waals surface area contributed by atoms with E-state index in [0.29, 0.717) is 19.2 Å². The van der Waals surface area contributed by atoms with Gasteiger partial charge < -0.3 is 20.7 Å². The number of carbonyl (C=O) groups excluding carboxylic acids is 2. The Morgan fingerprint density at radius 1 is 1.53 bits per heavy atom. The van der Waals surface area contributed by atoms with Gasteiger partial charge in [0.2, 0.25) is 11.7 Å². The summed E-state index contributed by atoms with van der Waals surface area (Å²) in [5, 5.41) is 11.3. The number of carboxylic acids is 1. The summed E-state index contributed by atoms with van der Waals surface area (Å²) < 4.78 is 5.04. The third-order valence-electron chi connectivity index (χ3n) is 2.80. The fraction of sp³-hybridized carbons (Fsp3) is 0.636. The first-order chi connectivity index (χ1) is 9.04. The highest BCUT2D eigenvalue weighted by Crippen LogP contribution is 2.13. The number of aliphatic carboxylic acids is 1. The van der Waals surface area contributed by atoms with Crippen molar-refractivity contribution in [3.8, 4) is 0 Å². The molecule has 104 valence electrons. The van der Waals surface area contributed by atoms with Crippen LogP contribution in [-0.4, -0.2) is 53.0 Å². The fourth-order valence-electron chi connectivity index (χ4n) is 1.70. The Morgan fingerprint density at radius 3 is 2.79 bits per heavy atom. The Kier molecular flexibility index (Phi) is 5.84. The molecule has 1 saturated heterocycles. The number of ether oxygens (including phenoxy) is 1. The van der Waals surface area contributed by atoms with Gasteiger partial charge in [0, 0.05) is 13.0 Å². The van der Waals surface area contributed by atoms with Gasteiger partial charge >= 0.3 is 12.2 Å². The molecule has 0 aromatic carbocycles. The molecule has 8 heteroatoms. The summed E-state index contributed by atoms with van der Waals surface area (Å²) in [6, 6.07) is -1.14. The van der Waals surface area contributed by atoms with E-state index < -0.39 is 17.8 Å². The van der Waals surface area contributed by atoms with Gasteiger partial charge in [-0.1, -0.05) is 0 Å². The van der Waals surface area contributed by atoms with Crippen LogP contribution >= 0.6 is 0 Å². The number of hydrogen-bond acceptors (Lipinski definition) is 4. The van der Waals surface area contributed by atoms with Gasteiger partial charge in [0.25, 0.3) is 0 Å². The average molecular weight is 269 g/mol. The van der Waals surface area contributed by atoms with Crippen LogP contribution in [0.3, 0.4) is 0 Å². The van der Waals surface area contributed by atoms with Crippen molar-refractivity contribution in [1.82, 2.24) is 5.32 Å². The Balaban J connectivity index is 2.48. The summed E-state index contributed by atoms with van der Waals surface area (Å²) in [4.78, 5) is 36.3. The molecule has 1 unspecified atom stereocenters. The van der Waals surface area contributed by atoms with Crippen molar-refractivity contribution in [2.75, 3.05) is 13.2 Å². The van der Waals surface area contributed by atoms with E-state index >= 15 is 0 Å². The highest BCUT2D eigenvalue weighted by molar-refractivity contribution is 6.25. The molecule has 2 atom stereocenters. The zero-order chi connectivity index (χ0) is 14.3. The van der Waals surface area contributed by atoms with Gasteiger partial charge in [-0.3, -0.25) is 9.59 Å². The first-order valence-corrected chi connectivity index (χ1v) is 5.85. The molecular formula is C11H15N3O5. The Hall–Kier alpha value is -2.05. The van der Waals surface area contributed by atoms with E-state index in [0.717, 1.165) is 0 Å². The summed E-state index contributed by atoms with van der Waals surface area (Å²) in [7, 11) is 0. The number of carboxylic acid groups (broad SMARTS) is 1. The third-order valence-corrected chi connectivity index (χ3v) is 2.80. The van der Waals surface area contributed by atoms with Crippen molar-refractivity contribution in [3.05, 3.63) is 5.53 Å². The monoisotopic (exact) mass is 269 g/mol. The zero-order valence-electron chi connectivity index (χ0n) is 10.2. The summed E-state index contributed by atoms with van der Waals surface area (Å²) in [6.45, 7) is 0.773. The molecular weight excluding hydrogens is 254 g/mol. The van der Waals surface area contributed by atoms with Gasteiger partial charge in [0.05, 0.1) is 12.5 Å². The number of hydrogen-bond donors (Lipinski definition) is 2. The molecule has 1 fully saturated rings. The molecule has 0 radical (unpaired) electrons. The Labute approximate surface area is 109 Å². The van der Waals surface area contributed by atoms with Crippen molar-refractivity contribution in [2.24, 2.45) is 5.92 Å². The molecule has 0 aliphatic carbocycles. The molecule has 1 amide bonds. The van der Waals surface area contributed by atoms with Crippen LogP contribution in [0.2, 0.25) is 0 Å².